The van der Waals surface area contributed by atoms with Gasteiger partial charge in [-0.3, -0.25) is 9.89 Å². The number of ether oxygens (including phenoxy) is 2. The highest BCUT2D eigenvalue weighted by molar-refractivity contribution is 5.80. The topological polar surface area (TPSA) is 75.4 Å². The maximum absolute atomic E-state index is 5.85. The van der Waals surface area contributed by atoms with Gasteiger partial charge in [0, 0.05) is 78.3 Å². The number of hydrogen-bond donors (Lipinski definition) is 1. The zero-order valence-electron chi connectivity index (χ0n) is 18.1. The predicted octanol–water partition coefficient (Wildman–Crippen LogP) is 1.90. The van der Waals surface area contributed by atoms with E-state index in [1.165, 1.54) is 0 Å². The molecule has 8 heteroatoms. The Bertz CT molecular complexity index is 607. The third-order valence-electron chi connectivity index (χ3n) is 5.47. The highest BCUT2D eigenvalue weighted by atomic mass is 16.5. The number of rotatable bonds is 9. The second-order valence-electron chi connectivity index (χ2n) is 7.91. The molecule has 0 spiro atoms. The van der Waals surface area contributed by atoms with Gasteiger partial charge in [0.1, 0.15) is 5.76 Å². The van der Waals surface area contributed by atoms with Crippen LogP contribution >= 0.6 is 0 Å². The van der Waals surface area contributed by atoms with E-state index < -0.39 is 0 Å². The summed E-state index contributed by atoms with van der Waals surface area (Å²) in [5, 5.41) is 7.54. The largest absolute Gasteiger partial charge is 0.381 e. The first-order chi connectivity index (χ1) is 14.2. The maximum atomic E-state index is 5.85. The van der Waals surface area contributed by atoms with Crippen LogP contribution in [0.4, 0.5) is 0 Å². The fourth-order valence-corrected chi connectivity index (χ4v) is 3.78. The van der Waals surface area contributed by atoms with Gasteiger partial charge in [0.2, 0.25) is 0 Å². The van der Waals surface area contributed by atoms with E-state index in [4.69, 9.17) is 19.0 Å². The van der Waals surface area contributed by atoms with Crippen molar-refractivity contribution < 1.29 is 14.0 Å². The van der Waals surface area contributed by atoms with Gasteiger partial charge >= 0.3 is 0 Å². The average molecular weight is 408 g/mol. The van der Waals surface area contributed by atoms with E-state index in [-0.39, 0.29) is 0 Å². The van der Waals surface area contributed by atoms with E-state index in [0.29, 0.717) is 5.92 Å². The third-order valence-corrected chi connectivity index (χ3v) is 5.47. The molecule has 164 valence electrons. The van der Waals surface area contributed by atoms with Crippen LogP contribution in [0.3, 0.4) is 0 Å². The minimum absolute atomic E-state index is 0.669. The summed E-state index contributed by atoms with van der Waals surface area (Å²) in [6.07, 6.45) is 3.22. The summed E-state index contributed by atoms with van der Waals surface area (Å²) in [6, 6.07) is 2.02. The average Bonchev–Trinajstić information content (AvgIpc) is 3.15. The van der Waals surface area contributed by atoms with Crippen LogP contribution in [0.1, 0.15) is 37.6 Å². The van der Waals surface area contributed by atoms with Crippen LogP contribution in [-0.2, 0) is 16.0 Å². The number of piperazine rings is 1. The first-order valence-corrected chi connectivity index (χ1v) is 11.1. The van der Waals surface area contributed by atoms with Crippen molar-refractivity contribution in [2.24, 2.45) is 10.9 Å². The highest BCUT2D eigenvalue weighted by Crippen LogP contribution is 2.14. The van der Waals surface area contributed by atoms with Crippen LogP contribution in [0.25, 0.3) is 0 Å². The van der Waals surface area contributed by atoms with Crippen LogP contribution in [0.5, 0.6) is 0 Å². The van der Waals surface area contributed by atoms with Crippen LogP contribution in [0, 0.1) is 12.8 Å². The molecule has 0 radical (unpaired) electrons. The molecule has 2 aliphatic rings. The zero-order chi connectivity index (χ0) is 20.3. The zero-order valence-corrected chi connectivity index (χ0v) is 18.1. The van der Waals surface area contributed by atoms with Crippen molar-refractivity contribution >= 4 is 5.96 Å². The Kier molecular flexibility index (Phi) is 9.24. The fourth-order valence-electron chi connectivity index (χ4n) is 3.78. The summed E-state index contributed by atoms with van der Waals surface area (Å²) in [5.41, 5.74) is 1.01. The number of guanidine groups is 1. The van der Waals surface area contributed by atoms with E-state index in [1.807, 2.05) is 13.0 Å². The van der Waals surface area contributed by atoms with Gasteiger partial charge in [-0.25, -0.2) is 0 Å². The van der Waals surface area contributed by atoms with Crippen molar-refractivity contribution in [3.63, 3.8) is 0 Å². The highest BCUT2D eigenvalue weighted by Gasteiger charge is 2.20. The summed E-state index contributed by atoms with van der Waals surface area (Å²) >= 11 is 0. The molecule has 1 aromatic heterocycles. The van der Waals surface area contributed by atoms with Crippen molar-refractivity contribution in [3.8, 4) is 0 Å². The lowest BCUT2D eigenvalue weighted by atomic mass is 10.0. The minimum atomic E-state index is 0.669. The molecule has 3 heterocycles. The Balaban J connectivity index is 1.34. The smallest absolute Gasteiger partial charge is 0.194 e. The number of aliphatic imine (C=N–C) groups is 1. The van der Waals surface area contributed by atoms with Crippen molar-refractivity contribution in [1.82, 2.24) is 20.3 Å². The predicted molar refractivity (Wildman–Crippen MR) is 113 cm³/mol. The molecule has 1 N–H and O–H groups in total. The molecule has 2 aliphatic heterocycles. The summed E-state index contributed by atoms with van der Waals surface area (Å²) in [6.45, 7) is 14.0. The van der Waals surface area contributed by atoms with Gasteiger partial charge in [0.15, 0.2) is 5.96 Å². The lowest BCUT2D eigenvalue weighted by molar-refractivity contribution is 0.0205. The Hall–Kier alpha value is -1.64. The van der Waals surface area contributed by atoms with Crippen LogP contribution in [0.15, 0.2) is 15.6 Å². The van der Waals surface area contributed by atoms with Crippen LogP contribution in [0.2, 0.25) is 0 Å². The Labute approximate surface area is 174 Å². The summed E-state index contributed by atoms with van der Waals surface area (Å²) < 4.78 is 16.4. The maximum Gasteiger partial charge on any atom is 0.194 e. The molecule has 1 aromatic rings. The van der Waals surface area contributed by atoms with Crippen LogP contribution < -0.4 is 5.32 Å². The molecule has 0 aromatic carbocycles. The molecular weight excluding hydrogens is 370 g/mol. The molecule has 0 unspecified atom stereocenters. The van der Waals surface area contributed by atoms with E-state index in [1.54, 1.807) is 0 Å². The van der Waals surface area contributed by atoms with E-state index in [9.17, 15) is 0 Å². The molecule has 2 fully saturated rings. The van der Waals surface area contributed by atoms with Gasteiger partial charge < -0.3 is 24.2 Å². The van der Waals surface area contributed by atoms with Crippen LogP contribution in [-0.4, -0.2) is 86.6 Å². The monoisotopic (exact) mass is 407 g/mol. The van der Waals surface area contributed by atoms with Gasteiger partial charge in [-0.05, 0) is 39.0 Å². The van der Waals surface area contributed by atoms with E-state index in [0.717, 1.165) is 109 Å². The van der Waals surface area contributed by atoms with Crippen molar-refractivity contribution in [1.29, 1.82) is 0 Å². The molecule has 0 atom stereocenters. The summed E-state index contributed by atoms with van der Waals surface area (Å²) in [7, 11) is 0. The minimum Gasteiger partial charge on any atom is -0.381 e. The molecule has 3 rings (SSSR count). The fraction of sp³-hybridized carbons (Fsp3) is 0.810. The number of aryl methyl sites for hydroxylation is 1. The lowest BCUT2D eigenvalue weighted by Crippen LogP contribution is -2.52. The van der Waals surface area contributed by atoms with Gasteiger partial charge in [-0.1, -0.05) is 5.16 Å². The SMILES string of the molecule is CCNC(=NCCCOCC1CCOCC1)N1CCN(Cc2cc(C)on2)CC1. The summed E-state index contributed by atoms with van der Waals surface area (Å²) in [5.74, 6) is 2.56. The molecule has 0 saturated carbocycles. The molecule has 8 nitrogen and oxygen atoms in total. The van der Waals surface area contributed by atoms with Gasteiger partial charge in [-0.15, -0.1) is 0 Å². The first kappa shape index (κ1) is 22.1. The van der Waals surface area contributed by atoms with Gasteiger partial charge in [-0.2, -0.15) is 0 Å². The molecule has 29 heavy (non-hydrogen) atoms. The molecule has 0 aliphatic carbocycles. The molecule has 2 saturated heterocycles. The molecular formula is C21H37N5O3. The Morgan fingerprint density at radius 2 is 2.07 bits per heavy atom. The Morgan fingerprint density at radius 1 is 1.28 bits per heavy atom. The number of nitrogens with zero attached hydrogens (tertiary/aromatic N) is 4. The van der Waals surface area contributed by atoms with Crippen molar-refractivity contribution in [3.05, 3.63) is 17.5 Å². The van der Waals surface area contributed by atoms with Crippen molar-refractivity contribution in [2.75, 3.05) is 65.7 Å². The normalized spacial score (nSPS) is 19.7. The number of hydrogen-bond acceptors (Lipinski definition) is 6. The van der Waals surface area contributed by atoms with Crippen molar-refractivity contribution in [2.45, 2.75) is 39.7 Å². The first-order valence-electron chi connectivity index (χ1n) is 11.1. The molecule has 0 bridgehead atoms. The number of aromatic nitrogens is 1. The quantitative estimate of drug-likeness (QED) is 0.381. The second kappa shape index (κ2) is 12.1. The van der Waals surface area contributed by atoms with Gasteiger partial charge in [0.05, 0.1) is 5.69 Å². The molecule has 0 amide bonds. The van der Waals surface area contributed by atoms with Gasteiger partial charge in [0.25, 0.3) is 0 Å². The summed E-state index contributed by atoms with van der Waals surface area (Å²) in [4.78, 5) is 9.60. The second-order valence-corrected chi connectivity index (χ2v) is 7.91. The van der Waals surface area contributed by atoms with E-state index in [2.05, 4.69) is 27.2 Å². The van der Waals surface area contributed by atoms with E-state index >= 15 is 0 Å². The lowest BCUT2D eigenvalue weighted by Gasteiger charge is -2.36. The Morgan fingerprint density at radius 3 is 2.76 bits per heavy atom. The number of nitrogens with one attached hydrogen (secondary N) is 1. The standard InChI is InChI=1S/C21H37N5O3/c1-3-22-21(23-7-4-12-28-17-19-5-13-27-14-6-19)26-10-8-25(9-11-26)16-20-15-18(2)29-24-20/h15,19H,3-14,16-17H2,1-2H3,(H,22,23). The third kappa shape index (κ3) is 7.60.